The maximum Gasteiger partial charge on any atom is 0.136 e. The lowest BCUT2D eigenvalue weighted by Gasteiger charge is -2.17. The van der Waals surface area contributed by atoms with Crippen LogP contribution >= 0.6 is 0 Å². The predicted octanol–water partition coefficient (Wildman–Crippen LogP) is 2.76. The van der Waals surface area contributed by atoms with Gasteiger partial charge in [0.05, 0.1) is 5.52 Å². The zero-order chi connectivity index (χ0) is 13.2. The van der Waals surface area contributed by atoms with Gasteiger partial charge >= 0.3 is 0 Å². The van der Waals surface area contributed by atoms with Crippen molar-refractivity contribution in [1.82, 2.24) is 15.0 Å². The molecule has 0 aliphatic heterocycles. The number of rotatable bonds is 2. The highest BCUT2D eigenvalue weighted by Gasteiger charge is 2.10. The quantitative estimate of drug-likeness (QED) is 0.701. The molecule has 0 saturated carbocycles. The highest BCUT2D eigenvalue weighted by molar-refractivity contribution is 5.88. The molecule has 3 rings (SSSR count). The smallest absolute Gasteiger partial charge is 0.136 e. The van der Waals surface area contributed by atoms with E-state index in [2.05, 4.69) is 16.0 Å². The Morgan fingerprint density at radius 3 is 2.58 bits per heavy atom. The van der Waals surface area contributed by atoms with Crippen molar-refractivity contribution in [2.24, 2.45) is 0 Å². The first-order valence-corrected chi connectivity index (χ1v) is 6.08. The number of anilines is 1. The van der Waals surface area contributed by atoms with E-state index in [1.54, 1.807) is 12.4 Å². The fourth-order valence-electron chi connectivity index (χ4n) is 2.08. The van der Waals surface area contributed by atoms with Crippen molar-refractivity contribution in [2.45, 2.75) is 0 Å². The molecule has 0 spiro atoms. The molecule has 3 aromatic heterocycles. The van der Waals surface area contributed by atoms with Crippen LogP contribution in [0.3, 0.4) is 0 Å². The third-order valence-corrected chi connectivity index (χ3v) is 2.99. The molecule has 0 amide bonds. The molecule has 0 unspecified atom stereocenters. The second-order valence-electron chi connectivity index (χ2n) is 4.56. The molecule has 3 aromatic rings. The molecule has 0 aliphatic carbocycles. The molecule has 4 nitrogen and oxygen atoms in total. The van der Waals surface area contributed by atoms with Gasteiger partial charge in [-0.25, -0.2) is 4.98 Å². The van der Waals surface area contributed by atoms with E-state index in [0.29, 0.717) is 0 Å². The van der Waals surface area contributed by atoms with E-state index >= 15 is 0 Å². The largest absolute Gasteiger partial charge is 0.362 e. The summed E-state index contributed by atoms with van der Waals surface area (Å²) in [6.45, 7) is 0. The third kappa shape index (κ3) is 2.12. The highest BCUT2D eigenvalue weighted by Crippen LogP contribution is 2.30. The van der Waals surface area contributed by atoms with E-state index < -0.39 is 0 Å². The number of hydrogen-bond acceptors (Lipinski definition) is 4. The molecule has 0 N–H and O–H groups in total. The van der Waals surface area contributed by atoms with Gasteiger partial charge in [0.25, 0.3) is 0 Å². The molecule has 4 heteroatoms. The molecule has 0 saturated heterocycles. The minimum absolute atomic E-state index is 0.937. The van der Waals surface area contributed by atoms with Gasteiger partial charge in [0.1, 0.15) is 5.82 Å². The van der Waals surface area contributed by atoms with Crippen LogP contribution in [0.25, 0.3) is 22.0 Å². The summed E-state index contributed by atoms with van der Waals surface area (Å²) in [4.78, 5) is 15.1. The van der Waals surface area contributed by atoms with Crippen molar-refractivity contribution >= 4 is 16.7 Å². The first kappa shape index (κ1) is 11.6. The van der Waals surface area contributed by atoms with E-state index in [1.165, 1.54) is 0 Å². The summed E-state index contributed by atoms with van der Waals surface area (Å²) in [5.41, 5.74) is 3.08. The Morgan fingerprint density at radius 2 is 1.84 bits per heavy atom. The Hall–Kier alpha value is -2.49. The van der Waals surface area contributed by atoms with Crippen LogP contribution in [0, 0.1) is 0 Å². The summed E-state index contributed by atoms with van der Waals surface area (Å²) in [7, 11) is 3.99. The van der Waals surface area contributed by atoms with Gasteiger partial charge in [0.2, 0.25) is 0 Å². The van der Waals surface area contributed by atoms with Gasteiger partial charge in [-0.2, -0.15) is 0 Å². The number of pyridine rings is 3. The SMILES string of the molecule is CN(C)c1nc2ccncc2cc1-c1cccnc1. The molecular formula is C15H14N4. The molecule has 3 heterocycles. The van der Waals surface area contributed by atoms with Crippen LogP contribution in [0.2, 0.25) is 0 Å². The molecule has 0 fully saturated rings. The van der Waals surface area contributed by atoms with Crippen LogP contribution in [-0.2, 0) is 0 Å². The first-order valence-electron chi connectivity index (χ1n) is 6.08. The van der Waals surface area contributed by atoms with Crippen LogP contribution in [0.5, 0.6) is 0 Å². The maximum atomic E-state index is 4.71. The van der Waals surface area contributed by atoms with Gasteiger partial charge in [-0.15, -0.1) is 0 Å². The average molecular weight is 250 g/mol. The fourth-order valence-corrected chi connectivity index (χ4v) is 2.08. The topological polar surface area (TPSA) is 41.9 Å². The van der Waals surface area contributed by atoms with Crippen molar-refractivity contribution in [2.75, 3.05) is 19.0 Å². The molecule has 0 aromatic carbocycles. The standard InChI is InChI=1S/C15H14N4/c1-19(2)15-13(11-4-3-6-16-9-11)8-12-10-17-7-5-14(12)18-15/h3-10H,1-2H3. The Balaban J connectivity index is 2.30. The summed E-state index contributed by atoms with van der Waals surface area (Å²) in [6, 6.07) is 8.01. The van der Waals surface area contributed by atoms with Crippen molar-refractivity contribution in [3.05, 3.63) is 49.1 Å². The predicted molar refractivity (Wildman–Crippen MR) is 77.1 cm³/mol. The lowest BCUT2D eigenvalue weighted by Crippen LogP contribution is -2.12. The number of aromatic nitrogens is 3. The van der Waals surface area contributed by atoms with E-state index in [4.69, 9.17) is 4.98 Å². The average Bonchev–Trinajstić information content (AvgIpc) is 2.46. The van der Waals surface area contributed by atoms with Crippen LogP contribution in [-0.4, -0.2) is 29.0 Å². The Bertz CT molecular complexity index is 708. The molecule has 0 aliphatic rings. The summed E-state index contributed by atoms with van der Waals surface area (Å²) >= 11 is 0. The van der Waals surface area contributed by atoms with Crippen LogP contribution in [0.4, 0.5) is 5.82 Å². The normalized spacial score (nSPS) is 10.6. The third-order valence-electron chi connectivity index (χ3n) is 2.99. The molecule has 94 valence electrons. The van der Waals surface area contributed by atoms with Crippen molar-refractivity contribution in [3.63, 3.8) is 0 Å². The van der Waals surface area contributed by atoms with Crippen LogP contribution in [0.1, 0.15) is 0 Å². The van der Waals surface area contributed by atoms with E-state index in [-0.39, 0.29) is 0 Å². The second kappa shape index (κ2) is 4.65. The lowest BCUT2D eigenvalue weighted by atomic mass is 10.1. The summed E-state index contributed by atoms with van der Waals surface area (Å²) < 4.78 is 0. The van der Waals surface area contributed by atoms with Gasteiger partial charge in [-0.3, -0.25) is 9.97 Å². The Morgan fingerprint density at radius 1 is 1.00 bits per heavy atom. The first-order chi connectivity index (χ1) is 9.25. The van der Waals surface area contributed by atoms with Gasteiger partial charge in [-0.1, -0.05) is 6.07 Å². The minimum atomic E-state index is 0.937. The Labute approximate surface area is 111 Å². The van der Waals surface area contributed by atoms with E-state index in [0.717, 1.165) is 27.8 Å². The molecule has 0 atom stereocenters. The molecular weight excluding hydrogens is 236 g/mol. The summed E-state index contributed by atoms with van der Waals surface area (Å²) in [5.74, 6) is 0.937. The van der Waals surface area contributed by atoms with Crippen molar-refractivity contribution in [3.8, 4) is 11.1 Å². The highest BCUT2D eigenvalue weighted by atomic mass is 15.1. The van der Waals surface area contributed by atoms with Gasteiger partial charge in [-0.05, 0) is 18.2 Å². The van der Waals surface area contributed by atoms with E-state index in [9.17, 15) is 0 Å². The Kier molecular flexibility index (Phi) is 2.83. The zero-order valence-corrected chi connectivity index (χ0v) is 10.9. The summed E-state index contributed by atoms with van der Waals surface area (Å²) in [5, 5.41) is 1.03. The van der Waals surface area contributed by atoms with Crippen LogP contribution < -0.4 is 4.90 Å². The van der Waals surface area contributed by atoms with E-state index in [1.807, 2.05) is 49.6 Å². The fraction of sp³-hybridized carbons (Fsp3) is 0.133. The van der Waals surface area contributed by atoms with Crippen molar-refractivity contribution < 1.29 is 0 Å². The molecule has 0 radical (unpaired) electrons. The van der Waals surface area contributed by atoms with Crippen molar-refractivity contribution in [1.29, 1.82) is 0 Å². The lowest BCUT2D eigenvalue weighted by molar-refractivity contribution is 1.08. The van der Waals surface area contributed by atoms with Gasteiger partial charge in [0.15, 0.2) is 0 Å². The second-order valence-corrected chi connectivity index (χ2v) is 4.56. The zero-order valence-electron chi connectivity index (χ0n) is 10.9. The number of nitrogens with zero attached hydrogens (tertiary/aromatic N) is 4. The monoisotopic (exact) mass is 250 g/mol. The summed E-state index contributed by atoms with van der Waals surface area (Å²) in [6.07, 6.45) is 7.22. The van der Waals surface area contributed by atoms with Gasteiger partial charge in [0, 0.05) is 55.4 Å². The van der Waals surface area contributed by atoms with Gasteiger partial charge < -0.3 is 4.90 Å². The number of hydrogen-bond donors (Lipinski definition) is 0. The van der Waals surface area contributed by atoms with Crippen LogP contribution in [0.15, 0.2) is 49.1 Å². The molecule has 19 heavy (non-hydrogen) atoms. The number of fused-ring (bicyclic) bond motifs is 1. The molecule has 0 bridgehead atoms. The minimum Gasteiger partial charge on any atom is -0.362 e. The maximum absolute atomic E-state index is 4.71.